The van der Waals surface area contributed by atoms with Crippen molar-refractivity contribution in [3.05, 3.63) is 0 Å². The van der Waals surface area contributed by atoms with Crippen LogP contribution in [-0.2, 0) is 0 Å². The maximum Gasteiger partial charge on any atom is 0.0580 e. The quantitative estimate of drug-likeness (QED) is 0.732. The standard InChI is InChI=1S/C12H23NO/c14-12-7-3-2-6-11(12)10-13-8-4-1-5-9-13/h11-12,14H,1-10H2/t11-,12-/m1/s1. The van der Waals surface area contributed by atoms with Crippen molar-refractivity contribution in [2.75, 3.05) is 19.6 Å². The van der Waals surface area contributed by atoms with Gasteiger partial charge in [0.25, 0.3) is 0 Å². The predicted molar refractivity (Wildman–Crippen MR) is 58.3 cm³/mol. The highest BCUT2D eigenvalue weighted by Crippen LogP contribution is 2.25. The lowest BCUT2D eigenvalue weighted by molar-refractivity contribution is 0.0424. The lowest BCUT2D eigenvalue weighted by Crippen LogP contribution is -2.39. The van der Waals surface area contributed by atoms with Gasteiger partial charge in [-0.1, -0.05) is 19.3 Å². The number of likely N-dealkylation sites (tertiary alicyclic amines) is 1. The molecule has 1 saturated carbocycles. The first-order chi connectivity index (χ1) is 6.86. The SMILES string of the molecule is O[C@@H]1CCCC[C@@H]1CN1CCCCC1. The molecule has 0 spiro atoms. The number of aliphatic hydroxyl groups is 1. The van der Waals surface area contributed by atoms with Gasteiger partial charge >= 0.3 is 0 Å². The summed E-state index contributed by atoms with van der Waals surface area (Å²) in [5.74, 6) is 0.571. The first-order valence-electron chi connectivity index (χ1n) is 6.26. The van der Waals surface area contributed by atoms with E-state index in [1.54, 1.807) is 0 Å². The van der Waals surface area contributed by atoms with Crippen LogP contribution in [0.3, 0.4) is 0 Å². The fourth-order valence-electron chi connectivity index (χ4n) is 2.87. The van der Waals surface area contributed by atoms with Crippen molar-refractivity contribution >= 4 is 0 Å². The molecule has 14 heavy (non-hydrogen) atoms. The Hall–Kier alpha value is -0.0800. The van der Waals surface area contributed by atoms with E-state index in [9.17, 15) is 5.11 Å². The molecule has 0 radical (unpaired) electrons. The molecule has 1 heterocycles. The van der Waals surface area contributed by atoms with Gasteiger partial charge in [0.1, 0.15) is 0 Å². The molecule has 82 valence electrons. The van der Waals surface area contributed by atoms with Crippen LogP contribution in [0.4, 0.5) is 0 Å². The molecule has 0 aromatic heterocycles. The van der Waals surface area contributed by atoms with Gasteiger partial charge in [0.15, 0.2) is 0 Å². The van der Waals surface area contributed by atoms with Crippen molar-refractivity contribution in [2.45, 2.75) is 51.0 Å². The highest BCUT2D eigenvalue weighted by Gasteiger charge is 2.25. The van der Waals surface area contributed by atoms with E-state index in [4.69, 9.17) is 0 Å². The van der Waals surface area contributed by atoms with E-state index in [0.717, 1.165) is 13.0 Å². The van der Waals surface area contributed by atoms with E-state index in [0.29, 0.717) is 5.92 Å². The molecule has 1 aliphatic carbocycles. The normalized spacial score (nSPS) is 35.8. The summed E-state index contributed by atoms with van der Waals surface area (Å²) < 4.78 is 0. The van der Waals surface area contributed by atoms with Gasteiger partial charge in [-0.3, -0.25) is 0 Å². The number of nitrogens with zero attached hydrogens (tertiary/aromatic N) is 1. The third-order valence-electron chi connectivity index (χ3n) is 3.81. The summed E-state index contributed by atoms with van der Waals surface area (Å²) >= 11 is 0. The van der Waals surface area contributed by atoms with Crippen molar-refractivity contribution in [1.82, 2.24) is 4.90 Å². The molecule has 0 amide bonds. The second kappa shape index (κ2) is 5.13. The molecule has 1 saturated heterocycles. The second-order valence-electron chi connectivity index (χ2n) is 4.97. The van der Waals surface area contributed by atoms with Crippen molar-refractivity contribution in [1.29, 1.82) is 0 Å². The molecule has 1 aliphatic heterocycles. The van der Waals surface area contributed by atoms with Crippen molar-refractivity contribution in [3.63, 3.8) is 0 Å². The Morgan fingerprint density at radius 3 is 2.36 bits per heavy atom. The lowest BCUT2D eigenvalue weighted by Gasteiger charge is -2.34. The maximum absolute atomic E-state index is 9.87. The second-order valence-corrected chi connectivity index (χ2v) is 4.97. The van der Waals surface area contributed by atoms with E-state index >= 15 is 0 Å². The number of hydrogen-bond donors (Lipinski definition) is 1. The Bertz CT molecular complexity index is 166. The minimum atomic E-state index is -0.00863. The van der Waals surface area contributed by atoms with E-state index in [1.807, 2.05) is 0 Å². The van der Waals surface area contributed by atoms with Crippen LogP contribution < -0.4 is 0 Å². The van der Waals surface area contributed by atoms with Gasteiger partial charge in [-0.15, -0.1) is 0 Å². The minimum Gasteiger partial charge on any atom is -0.393 e. The molecule has 2 rings (SSSR count). The van der Waals surface area contributed by atoms with Crippen LogP contribution in [-0.4, -0.2) is 35.7 Å². The van der Waals surface area contributed by atoms with Crippen LogP contribution in [0, 0.1) is 5.92 Å². The highest BCUT2D eigenvalue weighted by atomic mass is 16.3. The van der Waals surface area contributed by atoms with Crippen LogP contribution in [0.15, 0.2) is 0 Å². The summed E-state index contributed by atoms with van der Waals surface area (Å²) in [4.78, 5) is 2.56. The van der Waals surface area contributed by atoms with Gasteiger partial charge in [0.05, 0.1) is 6.10 Å². The van der Waals surface area contributed by atoms with Crippen molar-refractivity contribution in [2.24, 2.45) is 5.92 Å². The Morgan fingerprint density at radius 1 is 0.929 bits per heavy atom. The zero-order chi connectivity index (χ0) is 9.80. The number of piperidine rings is 1. The van der Waals surface area contributed by atoms with Crippen LogP contribution in [0.2, 0.25) is 0 Å². The van der Waals surface area contributed by atoms with Crippen molar-refractivity contribution < 1.29 is 5.11 Å². The van der Waals surface area contributed by atoms with Gasteiger partial charge in [-0.25, -0.2) is 0 Å². The summed E-state index contributed by atoms with van der Waals surface area (Å²) in [6.45, 7) is 3.69. The summed E-state index contributed by atoms with van der Waals surface area (Å²) in [7, 11) is 0. The first-order valence-corrected chi connectivity index (χ1v) is 6.26. The molecule has 0 aromatic carbocycles. The van der Waals surface area contributed by atoms with Gasteiger partial charge in [-0.2, -0.15) is 0 Å². The van der Waals surface area contributed by atoms with Gasteiger partial charge in [0, 0.05) is 6.54 Å². The van der Waals surface area contributed by atoms with Crippen LogP contribution in [0.1, 0.15) is 44.9 Å². The summed E-state index contributed by atoms with van der Waals surface area (Å²) in [5, 5.41) is 9.87. The topological polar surface area (TPSA) is 23.5 Å². The summed E-state index contributed by atoms with van der Waals surface area (Å²) in [6.07, 6.45) is 8.98. The fraction of sp³-hybridized carbons (Fsp3) is 1.00. The largest absolute Gasteiger partial charge is 0.393 e. The van der Waals surface area contributed by atoms with E-state index in [-0.39, 0.29) is 6.10 Å². The molecule has 0 unspecified atom stereocenters. The molecular weight excluding hydrogens is 174 g/mol. The zero-order valence-corrected chi connectivity index (χ0v) is 9.12. The Balaban J connectivity index is 1.76. The maximum atomic E-state index is 9.87. The van der Waals surface area contributed by atoms with E-state index in [1.165, 1.54) is 51.6 Å². The van der Waals surface area contributed by atoms with E-state index < -0.39 is 0 Å². The average Bonchev–Trinajstić information content (AvgIpc) is 2.23. The van der Waals surface area contributed by atoms with Crippen LogP contribution in [0.5, 0.6) is 0 Å². The molecule has 2 nitrogen and oxygen atoms in total. The van der Waals surface area contributed by atoms with E-state index in [2.05, 4.69) is 4.90 Å². The first kappa shape index (κ1) is 10.4. The van der Waals surface area contributed by atoms with Gasteiger partial charge in [0.2, 0.25) is 0 Å². The molecule has 2 fully saturated rings. The molecule has 2 heteroatoms. The summed E-state index contributed by atoms with van der Waals surface area (Å²) in [6, 6.07) is 0. The molecule has 2 atom stereocenters. The number of aliphatic hydroxyl groups excluding tert-OH is 1. The van der Waals surface area contributed by atoms with Crippen LogP contribution >= 0.6 is 0 Å². The fourth-order valence-corrected chi connectivity index (χ4v) is 2.87. The molecular formula is C12H23NO. The zero-order valence-electron chi connectivity index (χ0n) is 9.12. The molecule has 2 aliphatic rings. The highest BCUT2D eigenvalue weighted by molar-refractivity contribution is 4.78. The van der Waals surface area contributed by atoms with Crippen LogP contribution in [0.25, 0.3) is 0 Å². The van der Waals surface area contributed by atoms with Gasteiger partial charge < -0.3 is 10.0 Å². The Labute approximate surface area is 87.3 Å². The average molecular weight is 197 g/mol. The molecule has 1 N–H and O–H groups in total. The minimum absolute atomic E-state index is 0.00863. The van der Waals surface area contributed by atoms with Crippen molar-refractivity contribution in [3.8, 4) is 0 Å². The third kappa shape index (κ3) is 2.71. The Kier molecular flexibility index (Phi) is 3.82. The predicted octanol–water partition coefficient (Wildman–Crippen LogP) is 2.02. The monoisotopic (exact) mass is 197 g/mol. The molecule has 0 bridgehead atoms. The lowest BCUT2D eigenvalue weighted by atomic mass is 9.86. The summed E-state index contributed by atoms with van der Waals surface area (Å²) in [5.41, 5.74) is 0. The number of hydrogen-bond acceptors (Lipinski definition) is 2. The Morgan fingerprint density at radius 2 is 1.64 bits per heavy atom. The number of rotatable bonds is 2. The third-order valence-corrected chi connectivity index (χ3v) is 3.81. The van der Waals surface area contributed by atoms with Gasteiger partial charge in [-0.05, 0) is 44.7 Å². The molecule has 0 aromatic rings. The smallest absolute Gasteiger partial charge is 0.0580 e.